The molecule has 1 unspecified atom stereocenters. The molecule has 0 fully saturated rings. The molecule has 0 heterocycles. The highest BCUT2D eigenvalue weighted by Crippen LogP contribution is 2.22. The van der Waals surface area contributed by atoms with Crippen LogP contribution in [0.2, 0.25) is 0 Å². The Labute approximate surface area is 118 Å². The number of benzene rings is 1. The summed E-state index contributed by atoms with van der Waals surface area (Å²) in [5, 5.41) is 16.7. The fraction of sp³-hybridized carbons (Fsp3) is 0.500. The summed E-state index contributed by atoms with van der Waals surface area (Å²) in [6.07, 6.45) is 2.62. The molecule has 1 aromatic rings. The molecule has 0 spiro atoms. The number of hydrogen-bond donors (Lipinski definition) is 2. The minimum atomic E-state index is -0.533. The number of rotatable bonds is 7. The highest BCUT2D eigenvalue weighted by Gasteiger charge is 2.22. The van der Waals surface area contributed by atoms with Crippen LogP contribution in [0.3, 0.4) is 0 Å². The molecular formula is C14H21N3O3. The van der Waals surface area contributed by atoms with Crippen LogP contribution in [0.1, 0.15) is 43.5 Å². The van der Waals surface area contributed by atoms with Gasteiger partial charge < -0.3 is 10.6 Å². The number of nitrogens with one attached hydrogen (secondary N) is 2. The molecule has 1 amide bonds. The maximum atomic E-state index is 12.2. The second-order valence-corrected chi connectivity index (χ2v) is 4.61. The summed E-state index contributed by atoms with van der Waals surface area (Å²) < 4.78 is 0. The second-order valence-electron chi connectivity index (χ2n) is 4.61. The zero-order chi connectivity index (χ0) is 15.1. The van der Waals surface area contributed by atoms with Crippen molar-refractivity contribution in [2.75, 3.05) is 12.4 Å². The van der Waals surface area contributed by atoms with Gasteiger partial charge in [0.1, 0.15) is 5.56 Å². The minimum absolute atomic E-state index is 0.0466. The van der Waals surface area contributed by atoms with E-state index >= 15 is 0 Å². The van der Waals surface area contributed by atoms with Gasteiger partial charge in [0.25, 0.3) is 11.6 Å². The van der Waals surface area contributed by atoms with Crippen LogP contribution >= 0.6 is 0 Å². The molecule has 0 aliphatic heterocycles. The van der Waals surface area contributed by atoms with Crippen molar-refractivity contribution < 1.29 is 9.72 Å². The van der Waals surface area contributed by atoms with E-state index < -0.39 is 10.8 Å². The van der Waals surface area contributed by atoms with E-state index in [1.54, 1.807) is 13.1 Å². The first-order valence-electron chi connectivity index (χ1n) is 6.80. The van der Waals surface area contributed by atoms with Gasteiger partial charge in [0, 0.05) is 24.8 Å². The average Bonchev–Trinajstić information content (AvgIpc) is 2.45. The monoisotopic (exact) mass is 279 g/mol. The second kappa shape index (κ2) is 7.47. The van der Waals surface area contributed by atoms with E-state index in [0.29, 0.717) is 5.69 Å². The molecule has 0 aliphatic rings. The number of carbonyl (C=O) groups is 1. The van der Waals surface area contributed by atoms with Crippen molar-refractivity contribution in [1.29, 1.82) is 0 Å². The summed E-state index contributed by atoms with van der Waals surface area (Å²) in [6.45, 7) is 4.03. The van der Waals surface area contributed by atoms with Gasteiger partial charge in [-0.3, -0.25) is 14.9 Å². The van der Waals surface area contributed by atoms with E-state index in [0.717, 1.165) is 19.3 Å². The molecule has 6 nitrogen and oxygen atoms in total. The third-order valence-electron chi connectivity index (χ3n) is 3.19. The molecule has 0 saturated heterocycles. The molecule has 0 bridgehead atoms. The van der Waals surface area contributed by atoms with Crippen molar-refractivity contribution in [3.63, 3.8) is 0 Å². The molecule has 20 heavy (non-hydrogen) atoms. The van der Waals surface area contributed by atoms with Crippen LogP contribution in [-0.2, 0) is 0 Å². The van der Waals surface area contributed by atoms with Gasteiger partial charge in [-0.25, -0.2) is 0 Å². The lowest BCUT2D eigenvalue weighted by Gasteiger charge is -2.16. The first kappa shape index (κ1) is 15.9. The summed E-state index contributed by atoms with van der Waals surface area (Å²) in [5.41, 5.74) is 0.591. The smallest absolute Gasteiger partial charge is 0.282 e. The average molecular weight is 279 g/mol. The zero-order valence-corrected chi connectivity index (χ0v) is 12.1. The van der Waals surface area contributed by atoms with E-state index in [1.165, 1.54) is 12.1 Å². The largest absolute Gasteiger partial charge is 0.388 e. The Morgan fingerprint density at radius 2 is 2.10 bits per heavy atom. The maximum Gasteiger partial charge on any atom is 0.282 e. The molecule has 6 heteroatoms. The topological polar surface area (TPSA) is 84.3 Å². The van der Waals surface area contributed by atoms with Crippen molar-refractivity contribution in [3.8, 4) is 0 Å². The standard InChI is InChI=1S/C14H21N3O3/c1-4-6-10(5-2)16-14(18)12-9-11(15-3)7-8-13(12)17(19)20/h7-10,15H,4-6H2,1-3H3,(H,16,18). The summed E-state index contributed by atoms with van der Waals surface area (Å²) in [5.74, 6) is -0.394. The van der Waals surface area contributed by atoms with Gasteiger partial charge in [0.2, 0.25) is 0 Å². The molecule has 0 aliphatic carbocycles. The Morgan fingerprint density at radius 1 is 1.40 bits per heavy atom. The van der Waals surface area contributed by atoms with Crippen LogP contribution in [0.15, 0.2) is 18.2 Å². The minimum Gasteiger partial charge on any atom is -0.388 e. The fourth-order valence-corrected chi connectivity index (χ4v) is 2.02. The molecule has 1 rings (SSSR count). The van der Waals surface area contributed by atoms with Gasteiger partial charge in [-0.2, -0.15) is 0 Å². The SMILES string of the molecule is CCCC(CC)NC(=O)c1cc(NC)ccc1[N+](=O)[O-]. The van der Waals surface area contributed by atoms with Gasteiger partial charge in [-0.15, -0.1) is 0 Å². The first-order valence-corrected chi connectivity index (χ1v) is 6.80. The Kier molecular flexibility index (Phi) is 5.96. The maximum absolute atomic E-state index is 12.2. The summed E-state index contributed by atoms with van der Waals surface area (Å²) in [4.78, 5) is 22.7. The van der Waals surface area contributed by atoms with Gasteiger partial charge in [0.15, 0.2) is 0 Å². The van der Waals surface area contributed by atoms with Crippen molar-refractivity contribution in [2.24, 2.45) is 0 Å². The van der Waals surface area contributed by atoms with Crippen molar-refractivity contribution in [1.82, 2.24) is 5.32 Å². The summed E-state index contributed by atoms with van der Waals surface area (Å²) >= 11 is 0. The third-order valence-corrected chi connectivity index (χ3v) is 3.19. The van der Waals surface area contributed by atoms with E-state index in [2.05, 4.69) is 10.6 Å². The van der Waals surface area contributed by atoms with E-state index in [9.17, 15) is 14.9 Å². The van der Waals surface area contributed by atoms with Gasteiger partial charge in [0.05, 0.1) is 4.92 Å². The van der Waals surface area contributed by atoms with Gasteiger partial charge in [-0.1, -0.05) is 20.3 Å². The molecule has 0 aromatic heterocycles. The number of carbonyl (C=O) groups excluding carboxylic acids is 1. The van der Waals surface area contributed by atoms with Crippen molar-refractivity contribution in [2.45, 2.75) is 39.2 Å². The van der Waals surface area contributed by atoms with Crippen LogP contribution in [-0.4, -0.2) is 23.9 Å². The Balaban J connectivity index is 3.03. The van der Waals surface area contributed by atoms with Crippen LogP contribution in [0, 0.1) is 10.1 Å². The Bertz CT molecular complexity index is 489. The molecular weight excluding hydrogens is 258 g/mol. The third kappa shape index (κ3) is 3.94. The van der Waals surface area contributed by atoms with E-state index in [4.69, 9.17) is 0 Å². The lowest BCUT2D eigenvalue weighted by atomic mass is 10.1. The normalized spacial score (nSPS) is 11.8. The zero-order valence-electron chi connectivity index (χ0n) is 12.1. The van der Waals surface area contributed by atoms with Crippen molar-refractivity contribution in [3.05, 3.63) is 33.9 Å². The van der Waals surface area contributed by atoms with Crippen LogP contribution in [0.5, 0.6) is 0 Å². The van der Waals surface area contributed by atoms with Gasteiger partial charge >= 0.3 is 0 Å². The van der Waals surface area contributed by atoms with Crippen LogP contribution in [0.25, 0.3) is 0 Å². The van der Waals surface area contributed by atoms with Gasteiger partial charge in [-0.05, 0) is 25.0 Å². The summed E-state index contributed by atoms with van der Waals surface area (Å²) in [6, 6.07) is 4.48. The quantitative estimate of drug-likeness (QED) is 0.593. The van der Waals surface area contributed by atoms with Crippen molar-refractivity contribution >= 4 is 17.3 Å². The molecule has 110 valence electrons. The van der Waals surface area contributed by atoms with E-state index in [-0.39, 0.29) is 17.3 Å². The first-order chi connectivity index (χ1) is 9.53. The molecule has 0 radical (unpaired) electrons. The lowest BCUT2D eigenvalue weighted by molar-refractivity contribution is -0.385. The molecule has 1 aromatic carbocycles. The lowest BCUT2D eigenvalue weighted by Crippen LogP contribution is -2.34. The number of nitrogens with zero attached hydrogens (tertiary/aromatic N) is 1. The fourth-order valence-electron chi connectivity index (χ4n) is 2.02. The highest BCUT2D eigenvalue weighted by molar-refractivity contribution is 5.99. The number of nitro benzene ring substituents is 1. The number of nitro groups is 1. The Morgan fingerprint density at radius 3 is 2.60 bits per heavy atom. The molecule has 0 saturated carbocycles. The number of amides is 1. The highest BCUT2D eigenvalue weighted by atomic mass is 16.6. The van der Waals surface area contributed by atoms with Crippen LogP contribution < -0.4 is 10.6 Å². The molecule has 2 N–H and O–H groups in total. The van der Waals surface area contributed by atoms with E-state index in [1.807, 2.05) is 13.8 Å². The predicted octanol–water partition coefficient (Wildman–Crippen LogP) is 2.95. The number of hydrogen-bond acceptors (Lipinski definition) is 4. The Hall–Kier alpha value is -2.11. The predicted molar refractivity (Wildman–Crippen MR) is 79.1 cm³/mol. The van der Waals surface area contributed by atoms with Crippen LogP contribution in [0.4, 0.5) is 11.4 Å². The molecule has 1 atom stereocenters. The number of anilines is 1. The summed E-state index contributed by atoms with van der Waals surface area (Å²) in [7, 11) is 1.70.